The van der Waals surface area contributed by atoms with Crippen LogP contribution in [0.3, 0.4) is 0 Å². The fourth-order valence-electron chi connectivity index (χ4n) is 3.65. The summed E-state index contributed by atoms with van der Waals surface area (Å²) >= 11 is 0. The molecule has 1 aromatic carbocycles. The zero-order valence-corrected chi connectivity index (χ0v) is 19.8. The molecule has 13 heteroatoms. The van der Waals surface area contributed by atoms with Gasteiger partial charge in [0.15, 0.2) is 0 Å². The van der Waals surface area contributed by atoms with Crippen LogP contribution in [0.25, 0.3) is 0 Å². The van der Waals surface area contributed by atoms with Crippen molar-refractivity contribution in [2.24, 2.45) is 5.92 Å². The van der Waals surface area contributed by atoms with E-state index in [1.807, 2.05) is 0 Å². The smallest absolute Gasteiger partial charge is 0.444 e. The summed E-state index contributed by atoms with van der Waals surface area (Å²) < 4.78 is 48.6. The Bertz CT molecular complexity index is 1150. The van der Waals surface area contributed by atoms with E-state index < -0.39 is 52.6 Å². The minimum absolute atomic E-state index is 0.0498. The van der Waals surface area contributed by atoms with Crippen LogP contribution in [-0.4, -0.2) is 58.7 Å². The fourth-order valence-corrected chi connectivity index (χ4v) is 4.61. The first-order chi connectivity index (χ1) is 16.6. The third-order valence-electron chi connectivity index (χ3n) is 5.29. The second-order valence-electron chi connectivity index (χ2n) is 7.76. The van der Waals surface area contributed by atoms with Gasteiger partial charge in [-0.3, -0.25) is 14.3 Å². The average Bonchev–Trinajstić information content (AvgIpc) is 2.80. The number of nitrogens with zero attached hydrogens (tertiary/aromatic N) is 2. The molecule has 0 radical (unpaired) electrons. The fraction of sp³-hybridized carbons (Fsp3) is 0.364. The average molecular weight is 508 g/mol. The summed E-state index contributed by atoms with van der Waals surface area (Å²) in [5.74, 6) is -2.22. The van der Waals surface area contributed by atoms with Crippen LogP contribution in [0.4, 0.5) is 9.59 Å². The van der Waals surface area contributed by atoms with Crippen LogP contribution >= 0.6 is 0 Å². The summed E-state index contributed by atoms with van der Waals surface area (Å²) in [6.45, 7) is 2.70. The summed E-state index contributed by atoms with van der Waals surface area (Å²) in [4.78, 5) is 40.9. The van der Waals surface area contributed by atoms with Crippen molar-refractivity contribution in [3.63, 3.8) is 0 Å². The van der Waals surface area contributed by atoms with Crippen LogP contribution in [0, 0.1) is 5.92 Å². The highest BCUT2D eigenvalue weighted by Gasteiger charge is 2.59. The van der Waals surface area contributed by atoms with Crippen molar-refractivity contribution in [1.82, 2.24) is 14.6 Å². The third-order valence-corrected chi connectivity index (χ3v) is 6.21. The van der Waals surface area contributed by atoms with Gasteiger partial charge in [0.05, 0.1) is 12.2 Å². The SMILES string of the molecule is C[C@H](OC(=O)NCc1ccccn1)[C@@H]1[C@@H]([C@@H](C)OC(=O)OCc2ccccc2)C(=O)N1S(=O)(=O)O. The van der Waals surface area contributed by atoms with Crippen molar-refractivity contribution in [1.29, 1.82) is 0 Å². The van der Waals surface area contributed by atoms with Crippen LogP contribution in [0.15, 0.2) is 54.7 Å². The number of alkyl carbamates (subject to hydrolysis) is 1. The molecule has 1 aliphatic heterocycles. The van der Waals surface area contributed by atoms with E-state index in [4.69, 9.17) is 14.2 Å². The van der Waals surface area contributed by atoms with Gasteiger partial charge in [-0.2, -0.15) is 8.42 Å². The Balaban J connectivity index is 1.61. The molecule has 0 bridgehead atoms. The molecule has 2 amide bonds. The zero-order chi connectivity index (χ0) is 25.6. The van der Waals surface area contributed by atoms with Gasteiger partial charge in [0.2, 0.25) is 5.91 Å². The molecular formula is C22H25N3O9S. The van der Waals surface area contributed by atoms with E-state index >= 15 is 0 Å². The lowest BCUT2D eigenvalue weighted by Crippen LogP contribution is -2.70. The maximum Gasteiger partial charge on any atom is 0.508 e. The minimum Gasteiger partial charge on any atom is -0.444 e. The lowest BCUT2D eigenvalue weighted by molar-refractivity contribution is -0.161. The molecule has 1 fully saturated rings. The number of benzene rings is 1. The Morgan fingerprint density at radius 1 is 1.09 bits per heavy atom. The molecule has 2 aromatic rings. The molecule has 188 valence electrons. The van der Waals surface area contributed by atoms with Crippen molar-refractivity contribution in [3.05, 3.63) is 66.0 Å². The molecule has 1 aliphatic rings. The highest BCUT2D eigenvalue weighted by molar-refractivity contribution is 7.84. The first kappa shape index (κ1) is 25.9. The van der Waals surface area contributed by atoms with Crippen molar-refractivity contribution >= 4 is 28.5 Å². The molecule has 0 aliphatic carbocycles. The number of nitrogens with one attached hydrogen (secondary N) is 1. The normalized spacial score (nSPS) is 19.2. The number of carbonyl (C=O) groups is 3. The molecule has 3 rings (SSSR count). The van der Waals surface area contributed by atoms with Gasteiger partial charge in [0.1, 0.15) is 30.8 Å². The number of amides is 2. The molecule has 12 nitrogen and oxygen atoms in total. The van der Waals surface area contributed by atoms with Crippen molar-refractivity contribution in [2.75, 3.05) is 0 Å². The van der Waals surface area contributed by atoms with Gasteiger partial charge in [-0.05, 0) is 31.5 Å². The minimum atomic E-state index is -4.95. The van der Waals surface area contributed by atoms with Crippen LogP contribution in [0.2, 0.25) is 0 Å². The summed E-state index contributed by atoms with van der Waals surface area (Å²) in [7, 11) is -4.95. The Morgan fingerprint density at radius 3 is 2.40 bits per heavy atom. The molecule has 35 heavy (non-hydrogen) atoms. The highest BCUT2D eigenvalue weighted by atomic mass is 32.2. The van der Waals surface area contributed by atoms with Crippen molar-refractivity contribution in [3.8, 4) is 0 Å². The standard InChI is InChI=1S/C22H25N3O9S/c1-14(34-22(28)32-13-16-8-4-3-5-9-16)18-19(25(20(18)26)35(29,30)31)15(2)33-21(27)24-12-17-10-6-7-11-23-17/h3-11,14-15,18-19H,12-13H2,1-2H3,(H,24,27)(H,29,30,31)/t14-,15+,18-,19-/m1/s1. The topological polar surface area (TPSA) is 161 Å². The van der Waals surface area contributed by atoms with E-state index in [2.05, 4.69) is 10.3 Å². The number of hydrogen-bond acceptors (Lipinski definition) is 9. The van der Waals surface area contributed by atoms with E-state index in [0.29, 0.717) is 11.3 Å². The Kier molecular flexibility index (Phi) is 8.25. The van der Waals surface area contributed by atoms with Gasteiger partial charge in [0.25, 0.3) is 0 Å². The van der Waals surface area contributed by atoms with Crippen molar-refractivity contribution < 1.29 is 41.6 Å². The first-order valence-electron chi connectivity index (χ1n) is 10.6. The van der Waals surface area contributed by atoms with E-state index in [1.54, 1.807) is 54.7 Å². The largest absolute Gasteiger partial charge is 0.508 e. The van der Waals surface area contributed by atoms with Gasteiger partial charge >= 0.3 is 22.6 Å². The molecule has 2 N–H and O–H groups in total. The highest BCUT2D eigenvalue weighted by Crippen LogP contribution is 2.36. The zero-order valence-electron chi connectivity index (χ0n) is 18.9. The lowest BCUT2D eigenvalue weighted by Gasteiger charge is -2.47. The van der Waals surface area contributed by atoms with Crippen molar-refractivity contribution in [2.45, 2.75) is 45.2 Å². The van der Waals surface area contributed by atoms with Gasteiger partial charge in [-0.1, -0.05) is 36.4 Å². The van der Waals surface area contributed by atoms with E-state index in [1.165, 1.54) is 13.8 Å². The van der Waals surface area contributed by atoms with E-state index in [-0.39, 0.29) is 17.5 Å². The first-order valence-corrected chi connectivity index (χ1v) is 12.0. The van der Waals surface area contributed by atoms with Crippen LogP contribution in [-0.2, 0) is 42.5 Å². The summed E-state index contributed by atoms with van der Waals surface area (Å²) in [6, 6.07) is 12.6. The van der Waals surface area contributed by atoms with Crippen LogP contribution in [0.1, 0.15) is 25.1 Å². The number of hydrogen-bond donors (Lipinski definition) is 2. The maximum absolute atomic E-state index is 12.5. The van der Waals surface area contributed by atoms with E-state index in [9.17, 15) is 27.4 Å². The van der Waals surface area contributed by atoms with Crippen LogP contribution in [0.5, 0.6) is 0 Å². The molecule has 4 atom stereocenters. The van der Waals surface area contributed by atoms with E-state index in [0.717, 1.165) is 0 Å². The predicted molar refractivity (Wildman–Crippen MR) is 120 cm³/mol. The Morgan fingerprint density at radius 2 is 1.77 bits per heavy atom. The number of β-lactam (4-membered cyclic amide) rings is 1. The molecule has 2 heterocycles. The monoisotopic (exact) mass is 507 g/mol. The molecule has 1 saturated heterocycles. The molecular weight excluding hydrogens is 482 g/mol. The number of rotatable bonds is 9. The Labute approximate surface area is 202 Å². The summed E-state index contributed by atoms with van der Waals surface area (Å²) in [5, 5.41) is 2.46. The number of carbonyl (C=O) groups excluding carboxylic acids is 3. The lowest BCUT2D eigenvalue weighted by atomic mass is 9.83. The summed E-state index contributed by atoms with van der Waals surface area (Å²) in [5.41, 5.74) is 1.27. The van der Waals surface area contributed by atoms with Gasteiger partial charge in [0, 0.05) is 6.20 Å². The second kappa shape index (κ2) is 11.1. The summed E-state index contributed by atoms with van der Waals surface area (Å²) in [6.07, 6.45) is -2.75. The Hall–Kier alpha value is -3.71. The molecule has 0 unspecified atom stereocenters. The van der Waals surface area contributed by atoms with Gasteiger partial charge in [-0.15, -0.1) is 0 Å². The number of aromatic nitrogens is 1. The number of ether oxygens (including phenoxy) is 3. The molecule has 0 spiro atoms. The second-order valence-corrected chi connectivity index (χ2v) is 9.05. The quantitative estimate of drug-likeness (QED) is 0.292. The molecule has 1 aromatic heterocycles. The third kappa shape index (κ3) is 6.67. The maximum atomic E-state index is 12.5. The predicted octanol–water partition coefficient (Wildman–Crippen LogP) is 2.07. The van der Waals surface area contributed by atoms with Gasteiger partial charge in [-0.25, -0.2) is 13.9 Å². The van der Waals surface area contributed by atoms with Gasteiger partial charge < -0.3 is 19.5 Å². The van der Waals surface area contributed by atoms with Crippen LogP contribution < -0.4 is 5.32 Å². The molecule has 0 saturated carbocycles. The number of pyridine rings is 1.